The van der Waals surface area contributed by atoms with Gasteiger partial charge in [0, 0.05) is 24.2 Å². The highest BCUT2D eigenvalue weighted by Gasteiger charge is 2.17. The van der Waals surface area contributed by atoms with E-state index in [9.17, 15) is 17.6 Å². The Kier molecular flexibility index (Phi) is 5.67. The van der Waals surface area contributed by atoms with Crippen LogP contribution in [0.5, 0.6) is 11.5 Å². The minimum atomic E-state index is -3.02. The maximum atomic E-state index is 12.4. The van der Waals surface area contributed by atoms with Crippen molar-refractivity contribution < 1.29 is 27.0 Å². The van der Waals surface area contributed by atoms with Crippen LogP contribution in [0.1, 0.15) is 31.2 Å². The molecule has 1 saturated carbocycles. The van der Waals surface area contributed by atoms with E-state index in [1.165, 1.54) is 12.1 Å². The predicted molar refractivity (Wildman–Crippen MR) is 68.8 cm³/mol. The van der Waals surface area contributed by atoms with E-state index in [1.807, 2.05) is 0 Å². The molecule has 0 aromatic heterocycles. The molecule has 0 saturated heterocycles. The largest absolute Gasteiger partial charge is 0.435 e. The van der Waals surface area contributed by atoms with Crippen molar-refractivity contribution in [2.75, 3.05) is 0 Å². The molecule has 1 aliphatic rings. The Bertz CT molecular complexity index is 451. The summed E-state index contributed by atoms with van der Waals surface area (Å²) in [5, 5.41) is 3.26. The van der Waals surface area contributed by atoms with Crippen LogP contribution < -0.4 is 14.8 Å². The van der Waals surface area contributed by atoms with E-state index in [-0.39, 0.29) is 11.5 Å². The lowest BCUT2D eigenvalue weighted by Crippen LogP contribution is -2.25. The quantitative estimate of drug-likeness (QED) is 0.774. The van der Waals surface area contributed by atoms with Gasteiger partial charge in [0.25, 0.3) is 0 Å². The fourth-order valence-corrected chi connectivity index (χ4v) is 2.45. The molecule has 1 aromatic rings. The standard InChI is InChI=1S/C14H17F4NO2/c15-13(16)20-11-6-5-9(12(7-11)21-14(17)18)8-19-10-3-1-2-4-10/h5-7,10,13-14,19H,1-4,8H2. The average Bonchev–Trinajstić information content (AvgIpc) is 2.89. The van der Waals surface area contributed by atoms with Gasteiger partial charge in [-0.15, -0.1) is 0 Å². The van der Waals surface area contributed by atoms with Gasteiger partial charge in [-0.05, 0) is 18.9 Å². The Morgan fingerprint density at radius 3 is 2.33 bits per heavy atom. The maximum Gasteiger partial charge on any atom is 0.387 e. The highest BCUT2D eigenvalue weighted by atomic mass is 19.3. The molecule has 0 atom stereocenters. The molecule has 0 radical (unpaired) electrons. The number of alkyl halides is 4. The van der Waals surface area contributed by atoms with Gasteiger partial charge in [-0.1, -0.05) is 18.9 Å². The number of nitrogens with one attached hydrogen (secondary N) is 1. The van der Waals surface area contributed by atoms with Crippen molar-refractivity contribution in [3.8, 4) is 11.5 Å². The van der Waals surface area contributed by atoms with Crippen LogP contribution in [0.2, 0.25) is 0 Å². The monoisotopic (exact) mass is 307 g/mol. The smallest absolute Gasteiger partial charge is 0.387 e. The summed E-state index contributed by atoms with van der Waals surface area (Å²) in [6.45, 7) is -5.68. The zero-order valence-electron chi connectivity index (χ0n) is 11.3. The summed E-state index contributed by atoms with van der Waals surface area (Å²) in [5.41, 5.74) is 0.490. The first-order valence-electron chi connectivity index (χ1n) is 6.80. The van der Waals surface area contributed by atoms with Gasteiger partial charge >= 0.3 is 13.2 Å². The molecule has 0 bridgehead atoms. The molecule has 3 nitrogen and oxygen atoms in total. The van der Waals surface area contributed by atoms with E-state index < -0.39 is 13.2 Å². The predicted octanol–water partition coefficient (Wildman–Crippen LogP) is 3.92. The molecule has 0 spiro atoms. The maximum absolute atomic E-state index is 12.4. The first kappa shape index (κ1) is 15.9. The highest BCUT2D eigenvalue weighted by molar-refractivity contribution is 5.40. The Labute approximate surface area is 120 Å². The molecule has 1 aliphatic carbocycles. The van der Waals surface area contributed by atoms with Crippen LogP contribution in [0.3, 0.4) is 0 Å². The van der Waals surface area contributed by atoms with Gasteiger partial charge in [0.15, 0.2) is 0 Å². The number of hydrogen-bond donors (Lipinski definition) is 1. The Hall–Kier alpha value is -1.50. The van der Waals surface area contributed by atoms with Crippen LogP contribution in [-0.2, 0) is 6.54 Å². The van der Waals surface area contributed by atoms with E-state index in [0.717, 1.165) is 31.7 Å². The number of ether oxygens (including phenoxy) is 2. The SMILES string of the molecule is FC(F)Oc1ccc(CNC2CCCC2)c(OC(F)F)c1. The van der Waals surface area contributed by atoms with Gasteiger partial charge in [0.05, 0.1) is 0 Å². The van der Waals surface area contributed by atoms with Crippen LogP contribution in [0, 0.1) is 0 Å². The van der Waals surface area contributed by atoms with E-state index in [1.54, 1.807) is 0 Å². The minimum Gasteiger partial charge on any atom is -0.435 e. The summed E-state index contributed by atoms with van der Waals surface area (Å²) in [6, 6.07) is 4.19. The Morgan fingerprint density at radius 2 is 1.71 bits per heavy atom. The second kappa shape index (κ2) is 7.49. The second-order valence-corrected chi connectivity index (χ2v) is 4.89. The van der Waals surface area contributed by atoms with Crippen molar-refractivity contribution in [1.29, 1.82) is 0 Å². The van der Waals surface area contributed by atoms with Gasteiger partial charge in [-0.3, -0.25) is 0 Å². The highest BCUT2D eigenvalue weighted by Crippen LogP contribution is 2.28. The molecule has 118 valence electrons. The molecule has 0 heterocycles. The number of hydrogen-bond acceptors (Lipinski definition) is 3. The molecule has 1 fully saturated rings. The van der Waals surface area contributed by atoms with Crippen molar-refractivity contribution in [3.63, 3.8) is 0 Å². The van der Waals surface area contributed by atoms with Crippen LogP contribution >= 0.6 is 0 Å². The van der Waals surface area contributed by atoms with Crippen molar-refractivity contribution >= 4 is 0 Å². The van der Waals surface area contributed by atoms with Crippen LogP contribution in [0.25, 0.3) is 0 Å². The average molecular weight is 307 g/mol. The summed E-state index contributed by atoms with van der Waals surface area (Å²) in [7, 11) is 0. The third-order valence-corrected chi connectivity index (χ3v) is 3.42. The Balaban J connectivity index is 2.06. The minimum absolute atomic E-state index is 0.145. The van der Waals surface area contributed by atoms with Gasteiger partial charge < -0.3 is 14.8 Å². The van der Waals surface area contributed by atoms with Crippen LogP contribution in [-0.4, -0.2) is 19.3 Å². The van der Waals surface area contributed by atoms with Gasteiger partial charge in [0.1, 0.15) is 11.5 Å². The van der Waals surface area contributed by atoms with Crippen molar-refractivity contribution in [2.24, 2.45) is 0 Å². The van der Waals surface area contributed by atoms with Gasteiger partial charge in [-0.25, -0.2) is 0 Å². The fourth-order valence-electron chi connectivity index (χ4n) is 2.45. The lowest BCUT2D eigenvalue weighted by atomic mass is 10.1. The van der Waals surface area contributed by atoms with Gasteiger partial charge in [-0.2, -0.15) is 17.6 Å². The lowest BCUT2D eigenvalue weighted by molar-refractivity contribution is -0.0547. The first-order valence-corrected chi connectivity index (χ1v) is 6.80. The fraction of sp³-hybridized carbons (Fsp3) is 0.571. The molecule has 7 heteroatoms. The second-order valence-electron chi connectivity index (χ2n) is 4.89. The molecule has 0 amide bonds. The van der Waals surface area contributed by atoms with Gasteiger partial charge in [0.2, 0.25) is 0 Å². The molecule has 1 aromatic carbocycles. The number of benzene rings is 1. The van der Waals surface area contributed by atoms with E-state index in [0.29, 0.717) is 18.2 Å². The zero-order valence-corrected chi connectivity index (χ0v) is 11.3. The number of rotatable bonds is 7. The van der Waals surface area contributed by atoms with Crippen LogP contribution in [0.4, 0.5) is 17.6 Å². The normalized spacial score (nSPS) is 15.9. The summed E-state index contributed by atoms with van der Waals surface area (Å²) in [4.78, 5) is 0. The zero-order chi connectivity index (χ0) is 15.2. The molecule has 1 N–H and O–H groups in total. The molecule has 2 rings (SSSR count). The Morgan fingerprint density at radius 1 is 1.05 bits per heavy atom. The topological polar surface area (TPSA) is 30.5 Å². The summed E-state index contributed by atoms with van der Waals surface area (Å²) >= 11 is 0. The third kappa shape index (κ3) is 5.08. The van der Waals surface area contributed by atoms with Crippen LogP contribution in [0.15, 0.2) is 18.2 Å². The molecule has 0 unspecified atom stereocenters. The molecular formula is C14H17F4NO2. The van der Waals surface area contributed by atoms with Crippen molar-refractivity contribution in [3.05, 3.63) is 23.8 Å². The van der Waals surface area contributed by atoms with E-state index >= 15 is 0 Å². The molecule has 21 heavy (non-hydrogen) atoms. The third-order valence-electron chi connectivity index (χ3n) is 3.42. The summed E-state index contributed by atoms with van der Waals surface area (Å²) in [5.74, 6) is -0.348. The van der Waals surface area contributed by atoms with Crippen molar-refractivity contribution in [2.45, 2.75) is 51.5 Å². The van der Waals surface area contributed by atoms with E-state index in [2.05, 4.69) is 14.8 Å². The number of halogens is 4. The summed E-state index contributed by atoms with van der Waals surface area (Å²) < 4.78 is 57.7. The van der Waals surface area contributed by atoms with E-state index in [4.69, 9.17) is 0 Å². The molecule has 0 aliphatic heterocycles. The van der Waals surface area contributed by atoms with Crippen molar-refractivity contribution in [1.82, 2.24) is 5.32 Å². The molecular weight excluding hydrogens is 290 g/mol. The first-order chi connectivity index (χ1) is 10.0. The summed E-state index contributed by atoms with van der Waals surface area (Å²) in [6.07, 6.45) is 4.41. The lowest BCUT2D eigenvalue weighted by Gasteiger charge is -2.16.